The smallest absolute Gasteiger partial charge is 0.251 e. The summed E-state index contributed by atoms with van der Waals surface area (Å²) in [6.07, 6.45) is 0. The van der Waals surface area contributed by atoms with E-state index in [-0.39, 0.29) is 11.9 Å². The molecule has 5 heteroatoms. The van der Waals surface area contributed by atoms with Gasteiger partial charge in [0.1, 0.15) is 0 Å². The second-order valence-electron chi connectivity index (χ2n) is 4.44. The van der Waals surface area contributed by atoms with Crippen molar-refractivity contribution in [3.63, 3.8) is 0 Å². The van der Waals surface area contributed by atoms with Crippen LogP contribution >= 0.6 is 0 Å². The molecule has 3 N–H and O–H groups in total. The molecule has 0 saturated carbocycles. The number of nitrogens with zero attached hydrogens (tertiary/aromatic N) is 1. The van der Waals surface area contributed by atoms with Gasteiger partial charge in [-0.2, -0.15) is 0 Å². The lowest BCUT2D eigenvalue weighted by Gasteiger charge is -2.30. The molecule has 1 atom stereocenters. The van der Waals surface area contributed by atoms with Crippen LogP contribution in [0.15, 0.2) is 18.2 Å². The zero-order valence-electron chi connectivity index (χ0n) is 12.1. The number of rotatable bonds is 6. The number of anilines is 2. The number of nitrogen functional groups attached to an aromatic ring is 1. The van der Waals surface area contributed by atoms with E-state index in [0.29, 0.717) is 17.9 Å². The summed E-state index contributed by atoms with van der Waals surface area (Å²) in [5, 5.41) is 2.59. The third-order valence-corrected chi connectivity index (χ3v) is 3.11. The Morgan fingerprint density at radius 2 is 2.21 bits per heavy atom. The van der Waals surface area contributed by atoms with Crippen LogP contribution in [-0.2, 0) is 4.74 Å². The molecule has 0 bridgehead atoms. The van der Waals surface area contributed by atoms with Crippen LogP contribution in [0.2, 0.25) is 0 Å². The molecule has 1 aromatic carbocycles. The third kappa shape index (κ3) is 3.61. The van der Waals surface area contributed by atoms with Crippen LogP contribution < -0.4 is 16.0 Å². The molecule has 0 saturated heterocycles. The number of ether oxygens (including phenoxy) is 1. The molecule has 0 aliphatic rings. The zero-order chi connectivity index (χ0) is 14.4. The van der Waals surface area contributed by atoms with E-state index in [4.69, 9.17) is 10.5 Å². The lowest BCUT2D eigenvalue weighted by Crippen LogP contribution is -2.36. The zero-order valence-corrected chi connectivity index (χ0v) is 12.1. The Balaban J connectivity index is 3.02. The van der Waals surface area contributed by atoms with Gasteiger partial charge >= 0.3 is 0 Å². The molecule has 1 unspecified atom stereocenters. The molecule has 0 fully saturated rings. The van der Waals surface area contributed by atoms with Crippen molar-refractivity contribution < 1.29 is 9.53 Å². The summed E-state index contributed by atoms with van der Waals surface area (Å²) < 4.78 is 5.18. The topological polar surface area (TPSA) is 67.6 Å². The van der Waals surface area contributed by atoms with Crippen LogP contribution in [-0.4, -0.2) is 39.3 Å². The molecule has 0 aliphatic carbocycles. The molecule has 0 aromatic heterocycles. The maximum Gasteiger partial charge on any atom is 0.251 e. The Bertz CT molecular complexity index is 435. The summed E-state index contributed by atoms with van der Waals surface area (Å²) in [5.41, 5.74) is 8.16. The lowest BCUT2D eigenvalue weighted by molar-refractivity contribution is 0.0963. The molecule has 0 heterocycles. The number of amides is 1. The van der Waals surface area contributed by atoms with Gasteiger partial charge in [-0.3, -0.25) is 4.79 Å². The van der Waals surface area contributed by atoms with Gasteiger partial charge in [0.05, 0.1) is 18.0 Å². The van der Waals surface area contributed by atoms with Crippen molar-refractivity contribution in [2.45, 2.75) is 19.9 Å². The first-order chi connectivity index (χ1) is 9.04. The maximum atomic E-state index is 11.6. The molecule has 0 aliphatic heterocycles. The summed E-state index contributed by atoms with van der Waals surface area (Å²) in [7, 11) is 3.29. The average molecular weight is 265 g/mol. The van der Waals surface area contributed by atoms with E-state index >= 15 is 0 Å². The molecular weight excluding hydrogens is 242 g/mol. The van der Waals surface area contributed by atoms with Crippen LogP contribution in [0.3, 0.4) is 0 Å². The molecule has 1 amide bonds. The summed E-state index contributed by atoms with van der Waals surface area (Å²) in [5.74, 6) is -0.133. The Kier molecular flexibility index (Phi) is 5.63. The van der Waals surface area contributed by atoms with Crippen molar-refractivity contribution in [2.24, 2.45) is 0 Å². The normalized spacial score (nSPS) is 12.0. The monoisotopic (exact) mass is 265 g/mol. The standard InChI is InChI=1S/C14H23N3O2/c1-5-17(10(2)9-19-4)13-7-6-11(8-12(13)15)14(18)16-3/h6-8,10H,5,9,15H2,1-4H3,(H,16,18). The quantitative estimate of drug-likeness (QED) is 0.765. The van der Waals surface area contributed by atoms with Crippen LogP contribution in [0, 0.1) is 0 Å². The Labute approximate surface area is 114 Å². The highest BCUT2D eigenvalue weighted by Crippen LogP contribution is 2.26. The summed E-state index contributed by atoms with van der Waals surface area (Å²) in [6.45, 7) is 5.61. The van der Waals surface area contributed by atoms with E-state index in [0.717, 1.165) is 12.2 Å². The number of likely N-dealkylation sites (N-methyl/N-ethyl adjacent to an activating group) is 1. The van der Waals surface area contributed by atoms with Gasteiger partial charge in [0.25, 0.3) is 5.91 Å². The van der Waals surface area contributed by atoms with Gasteiger partial charge in [-0.05, 0) is 32.0 Å². The van der Waals surface area contributed by atoms with Gasteiger partial charge < -0.3 is 20.7 Å². The highest BCUT2D eigenvalue weighted by molar-refractivity contribution is 5.96. The van der Waals surface area contributed by atoms with Gasteiger partial charge in [0.2, 0.25) is 0 Å². The van der Waals surface area contributed by atoms with Crippen molar-refractivity contribution in [1.82, 2.24) is 5.32 Å². The first kappa shape index (κ1) is 15.3. The highest BCUT2D eigenvalue weighted by Gasteiger charge is 2.16. The Hall–Kier alpha value is -1.75. The summed E-state index contributed by atoms with van der Waals surface area (Å²) >= 11 is 0. The van der Waals surface area contributed by atoms with Crippen molar-refractivity contribution in [2.75, 3.05) is 37.9 Å². The van der Waals surface area contributed by atoms with E-state index in [1.807, 2.05) is 6.07 Å². The van der Waals surface area contributed by atoms with Crippen LogP contribution in [0.25, 0.3) is 0 Å². The van der Waals surface area contributed by atoms with Gasteiger partial charge in [0, 0.05) is 32.3 Å². The number of hydrogen-bond acceptors (Lipinski definition) is 4. The molecule has 0 radical (unpaired) electrons. The predicted molar refractivity (Wildman–Crippen MR) is 78.6 cm³/mol. The van der Waals surface area contributed by atoms with Gasteiger partial charge in [-0.15, -0.1) is 0 Å². The van der Waals surface area contributed by atoms with Crippen molar-refractivity contribution >= 4 is 17.3 Å². The number of carbonyl (C=O) groups is 1. The van der Waals surface area contributed by atoms with E-state index in [1.165, 1.54) is 0 Å². The van der Waals surface area contributed by atoms with Crippen LogP contribution in [0.5, 0.6) is 0 Å². The minimum Gasteiger partial charge on any atom is -0.397 e. The Morgan fingerprint density at radius 1 is 1.53 bits per heavy atom. The second-order valence-corrected chi connectivity index (χ2v) is 4.44. The molecule has 5 nitrogen and oxygen atoms in total. The number of carbonyl (C=O) groups excluding carboxylic acids is 1. The van der Waals surface area contributed by atoms with Crippen molar-refractivity contribution in [3.8, 4) is 0 Å². The molecular formula is C14H23N3O2. The van der Waals surface area contributed by atoms with E-state index in [2.05, 4.69) is 24.1 Å². The van der Waals surface area contributed by atoms with Gasteiger partial charge in [-0.1, -0.05) is 0 Å². The molecule has 106 valence electrons. The van der Waals surface area contributed by atoms with Crippen molar-refractivity contribution in [3.05, 3.63) is 23.8 Å². The van der Waals surface area contributed by atoms with Crippen molar-refractivity contribution in [1.29, 1.82) is 0 Å². The van der Waals surface area contributed by atoms with Gasteiger partial charge in [-0.25, -0.2) is 0 Å². The largest absolute Gasteiger partial charge is 0.397 e. The molecule has 1 aromatic rings. The SMILES string of the molecule is CCN(c1ccc(C(=O)NC)cc1N)C(C)COC. The van der Waals surface area contributed by atoms with E-state index < -0.39 is 0 Å². The lowest BCUT2D eigenvalue weighted by atomic mass is 10.1. The Morgan fingerprint density at radius 3 is 2.68 bits per heavy atom. The minimum absolute atomic E-state index is 0.133. The fraction of sp³-hybridized carbons (Fsp3) is 0.500. The average Bonchev–Trinajstić information content (AvgIpc) is 2.40. The van der Waals surface area contributed by atoms with E-state index in [9.17, 15) is 4.79 Å². The fourth-order valence-electron chi connectivity index (χ4n) is 2.15. The summed E-state index contributed by atoms with van der Waals surface area (Å²) in [6, 6.07) is 5.60. The van der Waals surface area contributed by atoms with Gasteiger partial charge in [0.15, 0.2) is 0 Å². The number of hydrogen-bond donors (Lipinski definition) is 2. The first-order valence-electron chi connectivity index (χ1n) is 6.42. The van der Waals surface area contributed by atoms with Crippen LogP contribution in [0.4, 0.5) is 11.4 Å². The minimum atomic E-state index is -0.133. The van der Waals surface area contributed by atoms with E-state index in [1.54, 1.807) is 26.3 Å². The fourth-order valence-corrected chi connectivity index (χ4v) is 2.15. The maximum absolute atomic E-state index is 11.6. The first-order valence-corrected chi connectivity index (χ1v) is 6.42. The number of nitrogens with two attached hydrogens (primary N) is 1. The number of nitrogens with one attached hydrogen (secondary N) is 1. The second kappa shape index (κ2) is 6.99. The number of methoxy groups -OCH3 is 1. The van der Waals surface area contributed by atoms with Crippen LogP contribution in [0.1, 0.15) is 24.2 Å². The highest BCUT2D eigenvalue weighted by atomic mass is 16.5. The summed E-state index contributed by atoms with van der Waals surface area (Å²) in [4.78, 5) is 13.7. The number of benzene rings is 1. The third-order valence-electron chi connectivity index (χ3n) is 3.11. The molecule has 19 heavy (non-hydrogen) atoms. The molecule has 0 spiro atoms. The predicted octanol–water partition coefficient (Wildman–Crippen LogP) is 1.49. The molecule has 1 rings (SSSR count).